The summed E-state index contributed by atoms with van der Waals surface area (Å²) in [6, 6.07) is 6.70. The third-order valence-corrected chi connectivity index (χ3v) is 5.82. The lowest BCUT2D eigenvalue weighted by molar-refractivity contribution is 0.0600. The molecule has 1 heterocycles. The number of carbonyl (C=O) groups excluding carboxylic acids is 2. The summed E-state index contributed by atoms with van der Waals surface area (Å²) < 4.78 is 27.7. The standard InChI is InChI=1S/C17H24N2O5S/c1-13(2)19(17(21)18-8-10-25(22,23)11-9-18)12-14-4-6-15(7-5-14)16(20)24-3/h4-7,13H,8-12H2,1-3H3. The van der Waals surface area contributed by atoms with Crippen LogP contribution in [0.1, 0.15) is 29.8 Å². The monoisotopic (exact) mass is 368 g/mol. The molecule has 1 aromatic rings. The molecule has 1 fully saturated rings. The molecule has 0 N–H and O–H groups in total. The molecular weight excluding hydrogens is 344 g/mol. The van der Waals surface area contributed by atoms with Crippen molar-refractivity contribution in [2.24, 2.45) is 0 Å². The van der Waals surface area contributed by atoms with E-state index in [-0.39, 0.29) is 36.7 Å². The van der Waals surface area contributed by atoms with Gasteiger partial charge in [-0.2, -0.15) is 0 Å². The predicted octanol–water partition coefficient (Wildman–Crippen LogP) is 1.53. The van der Waals surface area contributed by atoms with Crippen LogP contribution in [0.4, 0.5) is 4.79 Å². The molecule has 2 amide bonds. The van der Waals surface area contributed by atoms with Gasteiger partial charge in [0.25, 0.3) is 0 Å². The van der Waals surface area contributed by atoms with Crippen molar-refractivity contribution in [3.05, 3.63) is 35.4 Å². The van der Waals surface area contributed by atoms with Gasteiger partial charge in [0.1, 0.15) is 0 Å². The van der Waals surface area contributed by atoms with E-state index in [2.05, 4.69) is 4.74 Å². The Kier molecular flexibility index (Phi) is 6.05. The van der Waals surface area contributed by atoms with Crippen LogP contribution in [0.25, 0.3) is 0 Å². The number of carbonyl (C=O) groups is 2. The Balaban J connectivity index is 2.08. The summed E-state index contributed by atoms with van der Waals surface area (Å²) in [4.78, 5) is 27.5. The maximum absolute atomic E-state index is 12.8. The molecule has 25 heavy (non-hydrogen) atoms. The van der Waals surface area contributed by atoms with Gasteiger partial charge < -0.3 is 14.5 Å². The van der Waals surface area contributed by atoms with E-state index in [1.54, 1.807) is 34.1 Å². The second kappa shape index (κ2) is 7.86. The lowest BCUT2D eigenvalue weighted by Gasteiger charge is -2.35. The Bertz CT molecular complexity index is 714. The molecule has 1 aromatic carbocycles. The van der Waals surface area contributed by atoms with Gasteiger partial charge in [-0.05, 0) is 31.5 Å². The van der Waals surface area contributed by atoms with Crippen molar-refractivity contribution in [1.82, 2.24) is 9.80 Å². The minimum Gasteiger partial charge on any atom is -0.465 e. The lowest BCUT2D eigenvalue weighted by atomic mass is 10.1. The van der Waals surface area contributed by atoms with Crippen LogP contribution >= 0.6 is 0 Å². The zero-order chi connectivity index (χ0) is 18.6. The maximum atomic E-state index is 12.8. The molecule has 0 spiro atoms. The second-order valence-corrected chi connectivity index (χ2v) is 8.64. The molecule has 2 rings (SSSR count). The fourth-order valence-electron chi connectivity index (χ4n) is 2.62. The van der Waals surface area contributed by atoms with Gasteiger partial charge in [-0.3, -0.25) is 0 Å². The Hall–Kier alpha value is -2.09. The van der Waals surface area contributed by atoms with Crippen LogP contribution in [0.3, 0.4) is 0 Å². The van der Waals surface area contributed by atoms with E-state index in [9.17, 15) is 18.0 Å². The Morgan fingerprint density at radius 2 is 1.72 bits per heavy atom. The van der Waals surface area contributed by atoms with E-state index in [1.807, 2.05) is 13.8 Å². The van der Waals surface area contributed by atoms with Gasteiger partial charge in [0.05, 0.1) is 24.2 Å². The molecule has 7 nitrogen and oxygen atoms in total. The molecule has 138 valence electrons. The lowest BCUT2D eigenvalue weighted by Crippen LogP contribution is -2.51. The topological polar surface area (TPSA) is 84.0 Å². The molecule has 0 aliphatic carbocycles. The molecule has 0 bridgehead atoms. The molecule has 0 radical (unpaired) electrons. The van der Waals surface area contributed by atoms with Gasteiger partial charge in [-0.15, -0.1) is 0 Å². The number of rotatable bonds is 4. The number of ether oxygens (including phenoxy) is 1. The third-order valence-electron chi connectivity index (χ3n) is 4.21. The van der Waals surface area contributed by atoms with Crippen LogP contribution in [-0.2, 0) is 21.1 Å². The maximum Gasteiger partial charge on any atom is 0.337 e. The Morgan fingerprint density at radius 1 is 1.16 bits per heavy atom. The molecular formula is C17H24N2O5S. The molecule has 0 unspecified atom stereocenters. The molecule has 1 aliphatic heterocycles. The highest BCUT2D eigenvalue weighted by Crippen LogP contribution is 2.15. The molecule has 0 saturated carbocycles. The molecule has 8 heteroatoms. The van der Waals surface area contributed by atoms with Crippen LogP contribution in [-0.4, -0.2) is 68.0 Å². The number of sulfone groups is 1. The van der Waals surface area contributed by atoms with Crippen molar-refractivity contribution in [1.29, 1.82) is 0 Å². The average molecular weight is 368 g/mol. The van der Waals surface area contributed by atoms with Gasteiger partial charge in [-0.1, -0.05) is 12.1 Å². The highest BCUT2D eigenvalue weighted by molar-refractivity contribution is 7.91. The summed E-state index contributed by atoms with van der Waals surface area (Å²) in [5.74, 6) is -0.380. The SMILES string of the molecule is COC(=O)c1ccc(CN(C(=O)N2CCS(=O)(=O)CC2)C(C)C)cc1. The van der Waals surface area contributed by atoms with Gasteiger partial charge in [0, 0.05) is 25.7 Å². The van der Waals surface area contributed by atoms with Gasteiger partial charge in [0.15, 0.2) is 9.84 Å². The molecule has 1 saturated heterocycles. The van der Waals surface area contributed by atoms with E-state index in [1.165, 1.54) is 7.11 Å². The number of benzene rings is 1. The fraction of sp³-hybridized carbons (Fsp3) is 0.529. The van der Waals surface area contributed by atoms with Crippen LogP contribution in [0.5, 0.6) is 0 Å². The van der Waals surface area contributed by atoms with E-state index >= 15 is 0 Å². The zero-order valence-corrected chi connectivity index (χ0v) is 15.6. The smallest absolute Gasteiger partial charge is 0.337 e. The normalized spacial score (nSPS) is 16.6. The number of esters is 1. The minimum atomic E-state index is -3.03. The highest BCUT2D eigenvalue weighted by Gasteiger charge is 2.29. The summed E-state index contributed by atoms with van der Waals surface area (Å²) in [5, 5.41) is 0. The van der Waals surface area contributed by atoms with Crippen molar-refractivity contribution in [2.45, 2.75) is 26.4 Å². The van der Waals surface area contributed by atoms with Crippen LogP contribution in [0, 0.1) is 0 Å². The van der Waals surface area contributed by atoms with Crippen molar-refractivity contribution >= 4 is 21.8 Å². The van der Waals surface area contributed by atoms with Crippen LogP contribution in [0.15, 0.2) is 24.3 Å². The summed E-state index contributed by atoms with van der Waals surface area (Å²) >= 11 is 0. The summed E-state index contributed by atoms with van der Waals surface area (Å²) in [6.07, 6.45) is 0. The summed E-state index contributed by atoms with van der Waals surface area (Å²) in [5.41, 5.74) is 1.34. The van der Waals surface area contributed by atoms with Crippen molar-refractivity contribution < 1.29 is 22.7 Å². The van der Waals surface area contributed by atoms with Gasteiger partial charge in [-0.25, -0.2) is 18.0 Å². The van der Waals surface area contributed by atoms with E-state index < -0.39 is 15.8 Å². The quantitative estimate of drug-likeness (QED) is 0.753. The number of hydrogen-bond donors (Lipinski definition) is 0. The highest BCUT2D eigenvalue weighted by atomic mass is 32.2. The van der Waals surface area contributed by atoms with Gasteiger partial charge >= 0.3 is 12.0 Å². The first kappa shape index (κ1) is 19.2. The largest absolute Gasteiger partial charge is 0.465 e. The van der Waals surface area contributed by atoms with Crippen molar-refractivity contribution in [2.75, 3.05) is 31.7 Å². The third kappa shape index (κ3) is 4.94. The predicted molar refractivity (Wildman–Crippen MR) is 94.1 cm³/mol. The molecule has 0 aromatic heterocycles. The number of methoxy groups -OCH3 is 1. The average Bonchev–Trinajstić information content (AvgIpc) is 2.58. The van der Waals surface area contributed by atoms with Crippen molar-refractivity contribution in [3.8, 4) is 0 Å². The number of amides is 2. The van der Waals surface area contributed by atoms with E-state index in [0.29, 0.717) is 12.1 Å². The van der Waals surface area contributed by atoms with Crippen LogP contribution in [0.2, 0.25) is 0 Å². The number of hydrogen-bond acceptors (Lipinski definition) is 5. The fourth-order valence-corrected chi connectivity index (χ4v) is 3.82. The Labute approximate surface area is 148 Å². The van der Waals surface area contributed by atoms with Crippen molar-refractivity contribution in [3.63, 3.8) is 0 Å². The van der Waals surface area contributed by atoms with Gasteiger partial charge in [0.2, 0.25) is 0 Å². The minimum absolute atomic E-state index is 0.0124. The molecule has 0 atom stereocenters. The zero-order valence-electron chi connectivity index (χ0n) is 14.8. The first-order chi connectivity index (χ1) is 11.7. The first-order valence-corrected chi connectivity index (χ1v) is 9.99. The summed E-state index contributed by atoms with van der Waals surface area (Å²) in [7, 11) is -1.70. The molecule has 1 aliphatic rings. The second-order valence-electron chi connectivity index (χ2n) is 6.33. The van der Waals surface area contributed by atoms with E-state index in [4.69, 9.17) is 0 Å². The number of urea groups is 1. The van der Waals surface area contributed by atoms with Crippen LogP contribution < -0.4 is 0 Å². The van der Waals surface area contributed by atoms with E-state index in [0.717, 1.165) is 5.56 Å². The first-order valence-electron chi connectivity index (χ1n) is 8.17. The Morgan fingerprint density at radius 3 is 2.20 bits per heavy atom. The summed E-state index contributed by atoms with van der Waals surface area (Å²) in [6.45, 7) is 4.68. The number of nitrogens with zero attached hydrogens (tertiary/aromatic N) is 2.